The second-order valence-electron chi connectivity index (χ2n) is 6.48. The van der Waals surface area contributed by atoms with Crippen LogP contribution in [-0.2, 0) is 16.5 Å². The van der Waals surface area contributed by atoms with Crippen molar-refractivity contribution in [1.29, 1.82) is 0 Å². The molecular weight excluding hydrogens is 314 g/mol. The summed E-state index contributed by atoms with van der Waals surface area (Å²) in [6.45, 7) is 4.65. The Labute approximate surface area is 137 Å². The van der Waals surface area contributed by atoms with E-state index in [1.54, 1.807) is 13.2 Å². The summed E-state index contributed by atoms with van der Waals surface area (Å²) in [5, 5.41) is 7.77. The molecule has 0 saturated carbocycles. The number of fused-ring (bicyclic) bond motifs is 2. The number of H-pyrrole nitrogens is 1. The van der Waals surface area contributed by atoms with E-state index in [0.717, 1.165) is 6.42 Å². The molecule has 9 nitrogen and oxygen atoms in total. The van der Waals surface area contributed by atoms with Crippen molar-refractivity contribution in [2.45, 2.75) is 38.2 Å². The number of nitrogens with one attached hydrogen (secondary N) is 1. The summed E-state index contributed by atoms with van der Waals surface area (Å²) in [6.07, 6.45) is 3.12. The average Bonchev–Trinajstić information content (AvgIpc) is 3.20. The van der Waals surface area contributed by atoms with Crippen LogP contribution in [0.5, 0.6) is 0 Å². The van der Waals surface area contributed by atoms with Crippen LogP contribution in [0.3, 0.4) is 0 Å². The standard InChI is InChI=1S/C15H19N5O4/c1-4-15-7-23-11(8(15)2)13(24-15)20-5-9(12(21)16-14(20)22)10-6-19(3)18-17-10/h5-6,8,11,13H,4,7H2,1-3H3,(H,16,21,22)/t8-,11+,13+,15-/m0/s1. The normalized spacial score (nSPS) is 31.7. The monoisotopic (exact) mass is 333 g/mol. The SMILES string of the molecule is CC[C@@]12CO[C@@H]([C@H](n3cc(-c4cn(C)nn4)c(=O)[nH]c3=O)O1)[C@@H]2C. The maximum absolute atomic E-state index is 12.3. The van der Waals surface area contributed by atoms with Crippen LogP contribution >= 0.6 is 0 Å². The van der Waals surface area contributed by atoms with E-state index in [4.69, 9.17) is 9.47 Å². The van der Waals surface area contributed by atoms with Gasteiger partial charge in [0.05, 0.1) is 24.0 Å². The van der Waals surface area contributed by atoms with E-state index in [0.29, 0.717) is 12.3 Å². The molecule has 2 aliphatic heterocycles. The minimum atomic E-state index is -0.562. The Kier molecular flexibility index (Phi) is 3.26. The highest BCUT2D eigenvalue weighted by molar-refractivity contribution is 5.54. The van der Waals surface area contributed by atoms with E-state index in [2.05, 4.69) is 22.2 Å². The predicted octanol–water partition coefficient (Wildman–Crippen LogP) is 0.0446. The van der Waals surface area contributed by atoms with Gasteiger partial charge in [-0.05, 0) is 6.42 Å². The molecule has 24 heavy (non-hydrogen) atoms. The van der Waals surface area contributed by atoms with Crippen LogP contribution in [0.4, 0.5) is 0 Å². The fourth-order valence-corrected chi connectivity index (χ4v) is 3.64. The Morgan fingerprint density at radius 1 is 1.42 bits per heavy atom. The minimum Gasteiger partial charge on any atom is -0.370 e. The van der Waals surface area contributed by atoms with Crippen molar-refractivity contribution in [3.63, 3.8) is 0 Å². The van der Waals surface area contributed by atoms with Crippen molar-refractivity contribution in [3.8, 4) is 11.3 Å². The van der Waals surface area contributed by atoms with Crippen molar-refractivity contribution in [2.75, 3.05) is 6.61 Å². The summed E-state index contributed by atoms with van der Waals surface area (Å²) >= 11 is 0. The molecule has 128 valence electrons. The first kappa shape index (κ1) is 15.3. The molecule has 4 heterocycles. The van der Waals surface area contributed by atoms with Crippen LogP contribution in [0.2, 0.25) is 0 Å². The highest BCUT2D eigenvalue weighted by Gasteiger charge is 2.58. The maximum atomic E-state index is 12.3. The van der Waals surface area contributed by atoms with Gasteiger partial charge in [-0.3, -0.25) is 19.0 Å². The molecule has 0 aromatic carbocycles. The average molecular weight is 333 g/mol. The molecular formula is C15H19N5O4. The second kappa shape index (κ2) is 5.12. The van der Waals surface area contributed by atoms with E-state index in [9.17, 15) is 9.59 Å². The predicted molar refractivity (Wildman–Crippen MR) is 83.4 cm³/mol. The number of aromatic nitrogens is 5. The van der Waals surface area contributed by atoms with Gasteiger partial charge in [-0.2, -0.15) is 0 Å². The van der Waals surface area contributed by atoms with Gasteiger partial charge in [0.25, 0.3) is 5.56 Å². The maximum Gasteiger partial charge on any atom is 0.330 e. The Balaban J connectivity index is 1.80. The van der Waals surface area contributed by atoms with E-state index in [1.165, 1.54) is 15.4 Å². The van der Waals surface area contributed by atoms with Crippen LogP contribution in [0, 0.1) is 5.92 Å². The third kappa shape index (κ3) is 2.01. The largest absolute Gasteiger partial charge is 0.370 e. The van der Waals surface area contributed by atoms with E-state index >= 15 is 0 Å². The zero-order chi connectivity index (χ0) is 17.1. The molecule has 9 heteroatoms. The third-order valence-corrected chi connectivity index (χ3v) is 5.20. The Morgan fingerprint density at radius 2 is 2.21 bits per heavy atom. The molecule has 1 N–H and O–H groups in total. The topological polar surface area (TPSA) is 104 Å². The number of hydrogen-bond acceptors (Lipinski definition) is 6. The van der Waals surface area contributed by atoms with Crippen molar-refractivity contribution in [3.05, 3.63) is 33.2 Å². The number of rotatable bonds is 3. The quantitative estimate of drug-likeness (QED) is 0.851. The first-order valence-electron chi connectivity index (χ1n) is 7.97. The lowest BCUT2D eigenvalue weighted by atomic mass is 9.88. The summed E-state index contributed by atoms with van der Waals surface area (Å²) in [4.78, 5) is 26.8. The van der Waals surface area contributed by atoms with Gasteiger partial charge in [-0.25, -0.2) is 4.79 Å². The van der Waals surface area contributed by atoms with Gasteiger partial charge in [-0.1, -0.05) is 19.1 Å². The molecule has 2 bridgehead atoms. The van der Waals surface area contributed by atoms with E-state index in [1.807, 2.05) is 6.92 Å². The van der Waals surface area contributed by atoms with Gasteiger partial charge in [0.15, 0.2) is 6.23 Å². The molecule has 0 aliphatic carbocycles. The molecule has 2 saturated heterocycles. The van der Waals surface area contributed by atoms with Gasteiger partial charge in [-0.15, -0.1) is 5.10 Å². The van der Waals surface area contributed by atoms with Gasteiger partial charge in [0, 0.05) is 19.2 Å². The molecule has 0 amide bonds. The highest BCUT2D eigenvalue weighted by atomic mass is 16.6. The van der Waals surface area contributed by atoms with Crippen LogP contribution in [0.25, 0.3) is 11.3 Å². The van der Waals surface area contributed by atoms with Crippen molar-refractivity contribution >= 4 is 0 Å². The lowest BCUT2D eigenvalue weighted by Crippen LogP contribution is -2.41. The molecule has 0 unspecified atom stereocenters. The Morgan fingerprint density at radius 3 is 2.83 bits per heavy atom. The first-order chi connectivity index (χ1) is 11.4. The number of aryl methyl sites for hydroxylation is 1. The number of hydrogen-bond donors (Lipinski definition) is 1. The summed E-state index contributed by atoms with van der Waals surface area (Å²) in [6, 6.07) is 0. The van der Waals surface area contributed by atoms with Gasteiger partial charge in [0.1, 0.15) is 11.8 Å². The van der Waals surface area contributed by atoms with Crippen LogP contribution in [0.1, 0.15) is 26.5 Å². The summed E-state index contributed by atoms with van der Waals surface area (Å²) in [5.41, 5.74) is -0.731. The van der Waals surface area contributed by atoms with Crippen LogP contribution < -0.4 is 11.2 Å². The van der Waals surface area contributed by atoms with Crippen molar-refractivity contribution in [1.82, 2.24) is 24.5 Å². The molecule has 2 aromatic rings. The lowest BCUT2D eigenvalue weighted by Gasteiger charge is -2.31. The lowest BCUT2D eigenvalue weighted by molar-refractivity contribution is -0.174. The van der Waals surface area contributed by atoms with Gasteiger partial charge in [0.2, 0.25) is 0 Å². The molecule has 2 fully saturated rings. The van der Waals surface area contributed by atoms with E-state index in [-0.39, 0.29) is 23.2 Å². The number of ether oxygens (including phenoxy) is 2. The van der Waals surface area contributed by atoms with Gasteiger partial charge >= 0.3 is 5.69 Å². The first-order valence-corrected chi connectivity index (χ1v) is 7.97. The fraction of sp³-hybridized carbons (Fsp3) is 0.600. The molecule has 2 aromatic heterocycles. The molecule has 4 rings (SSSR count). The fourth-order valence-electron chi connectivity index (χ4n) is 3.64. The third-order valence-electron chi connectivity index (χ3n) is 5.20. The summed E-state index contributed by atoms with van der Waals surface area (Å²) in [7, 11) is 1.71. The molecule has 0 radical (unpaired) electrons. The number of nitrogens with zero attached hydrogens (tertiary/aromatic N) is 4. The molecule has 4 atom stereocenters. The van der Waals surface area contributed by atoms with Crippen LogP contribution in [0.15, 0.2) is 22.0 Å². The molecule has 2 aliphatic rings. The molecule has 0 spiro atoms. The zero-order valence-electron chi connectivity index (χ0n) is 13.7. The summed E-state index contributed by atoms with van der Waals surface area (Å²) in [5.74, 6) is 0.172. The van der Waals surface area contributed by atoms with E-state index < -0.39 is 17.5 Å². The number of aromatic amines is 1. The van der Waals surface area contributed by atoms with Crippen molar-refractivity contribution in [2.24, 2.45) is 13.0 Å². The minimum absolute atomic E-state index is 0.172. The van der Waals surface area contributed by atoms with Crippen LogP contribution in [-0.4, -0.2) is 42.9 Å². The zero-order valence-corrected chi connectivity index (χ0v) is 13.7. The Bertz CT molecular complexity index is 900. The van der Waals surface area contributed by atoms with Crippen molar-refractivity contribution < 1.29 is 9.47 Å². The highest BCUT2D eigenvalue weighted by Crippen LogP contribution is 2.50. The van der Waals surface area contributed by atoms with Gasteiger partial charge < -0.3 is 9.47 Å². The Hall–Kier alpha value is -2.26. The smallest absolute Gasteiger partial charge is 0.330 e. The summed E-state index contributed by atoms with van der Waals surface area (Å²) < 4.78 is 14.9. The second-order valence-corrected chi connectivity index (χ2v) is 6.48.